The van der Waals surface area contributed by atoms with Gasteiger partial charge in [0.05, 0.1) is 13.2 Å². The van der Waals surface area contributed by atoms with Gasteiger partial charge in [-0.15, -0.1) is 0 Å². The number of halogens is 4. The van der Waals surface area contributed by atoms with Gasteiger partial charge in [0.15, 0.2) is 23.2 Å². The van der Waals surface area contributed by atoms with Crippen molar-refractivity contribution in [2.45, 2.75) is 39.7 Å². The van der Waals surface area contributed by atoms with Gasteiger partial charge in [-0.2, -0.15) is 4.39 Å². The maximum Gasteiger partial charge on any atom is 0.201 e. The lowest BCUT2D eigenvalue weighted by Crippen LogP contribution is -2.04. The molecule has 0 N–H and O–H groups in total. The Bertz CT molecular complexity index is 1390. The fourth-order valence-corrected chi connectivity index (χ4v) is 3.96. The fourth-order valence-electron chi connectivity index (χ4n) is 3.96. The van der Waals surface area contributed by atoms with Crippen molar-refractivity contribution < 1.29 is 31.8 Å². The van der Waals surface area contributed by atoms with Gasteiger partial charge in [-0.3, -0.25) is 0 Å². The minimum Gasteiger partial charge on any atom is -0.494 e. The van der Waals surface area contributed by atoms with Crippen LogP contribution in [0.4, 0.5) is 17.6 Å². The zero-order valence-electron chi connectivity index (χ0n) is 21.9. The normalized spacial score (nSPS) is 10.9. The highest BCUT2D eigenvalue weighted by Crippen LogP contribution is 2.33. The van der Waals surface area contributed by atoms with Gasteiger partial charge in [-0.05, 0) is 60.4 Å². The summed E-state index contributed by atoms with van der Waals surface area (Å²) < 4.78 is 75.2. The summed E-state index contributed by atoms with van der Waals surface area (Å²) in [6.07, 6.45) is 2.49. The van der Waals surface area contributed by atoms with Gasteiger partial charge < -0.3 is 14.2 Å². The van der Waals surface area contributed by atoms with Gasteiger partial charge in [0.1, 0.15) is 18.1 Å². The summed E-state index contributed by atoms with van der Waals surface area (Å²) in [6, 6.07) is 19.0. The van der Waals surface area contributed by atoms with Gasteiger partial charge in [0.2, 0.25) is 5.82 Å². The van der Waals surface area contributed by atoms with Gasteiger partial charge in [-0.1, -0.05) is 56.7 Å². The molecule has 0 unspecified atom stereocenters. The highest BCUT2D eigenvalue weighted by atomic mass is 19.2. The molecule has 0 aliphatic rings. The van der Waals surface area contributed by atoms with Crippen LogP contribution in [0.2, 0.25) is 0 Å². The average Bonchev–Trinajstić information content (AvgIpc) is 2.96. The van der Waals surface area contributed by atoms with E-state index in [9.17, 15) is 8.78 Å². The van der Waals surface area contributed by atoms with E-state index in [-0.39, 0.29) is 29.0 Å². The van der Waals surface area contributed by atoms with E-state index in [1.807, 2.05) is 13.8 Å². The Morgan fingerprint density at radius 1 is 0.513 bits per heavy atom. The van der Waals surface area contributed by atoms with Crippen LogP contribution >= 0.6 is 0 Å². The molecule has 4 aromatic carbocycles. The van der Waals surface area contributed by atoms with Crippen LogP contribution in [-0.2, 0) is 6.61 Å². The monoisotopic (exact) mass is 538 g/mol. The van der Waals surface area contributed by atoms with E-state index in [1.54, 1.807) is 48.5 Å². The molecular formula is C32H30F4O3. The first-order valence-corrected chi connectivity index (χ1v) is 13.0. The molecule has 4 rings (SSSR count). The molecule has 0 aliphatic heterocycles. The molecule has 0 aliphatic carbocycles. The van der Waals surface area contributed by atoms with Crippen molar-refractivity contribution in [3.63, 3.8) is 0 Å². The second-order valence-electron chi connectivity index (χ2n) is 9.03. The zero-order valence-corrected chi connectivity index (χ0v) is 21.9. The molecule has 3 nitrogen and oxygen atoms in total. The highest BCUT2D eigenvalue weighted by molar-refractivity contribution is 5.72. The Labute approximate surface area is 226 Å². The van der Waals surface area contributed by atoms with E-state index in [0.717, 1.165) is 19.3 Å². The first kappa shape index (κ1) is 28.0. The van der Waals surface area contributed by atoms with E-state index in [4.69, 9.17) is 14.2 Å². The van der Waals surface area contributed by atoms with Crippen molar-refractivity contribution in [1.82, 2.24) is 0 Å². The number of benzene rings is 4. The summed E-state index contributed by atoms with van der Waals surface area (Å²) in [5, 5.41) is 0. The molecule has 0 heterocycles. The third-order valence-corrected chi connectivity index (χ3v) is 6.16. The average molecular weight is 539 g/mol. The zero-order chi connectivity index (χ0) is 27.8. The van der Waals surface area contributed by atoms with Crippen LogP contribution in [0.3, 0.4) is 0 Å². The molecule has 39 heavy (non-hydrogen) atoms. The molecule has 0 bridgehead atoms. The van der Waals surface area contributed by atoms with E-state index in [1.165, 1.54) is 24.3 Å². The SMILES string of the molecule is CCCCOc1ccc(COc2ccc(-c3ccc(-c4ccc(OCCC)cc4)c(F)c3F)cc2)c(F)c1F. The third kappa shape index (κ3) is 6.72. The van der Waals surface area contributed by atoms with Crippen LogP contribution in [0.25, 0.3) is 22.3 Å². The lowest BCUT2D eigenvalue weighted by Gasteiger charge is -2.12. The lowest BCUT2D eigenvalue weighted by atomic mass is 9.98. The Balaban J connectivity index is 1.43. The van der Waals surface area contributed by atoms with Gasteiger partial charge in [0.25, 0.3) is 0 Å². The Morgan fingerprint density at radius 2 is 1.08 bits per heavy atom. The fraction of sp³-hybridized carbons (Fsp3) is 0.250. The van der Waals surface area contributed by atoms with Crippen LogP contribution in [-0.4, -0.2) is 13.2 Å². The van der Waals surface area contributed by atoms with Crippen molar-refractivity contribution in [3.05, 3.63) is 102 Å². The van der Waals surface area contributed by atoms with Crippen molar-refractivity contribution in [2.75, 3.05) is 13.2 Å². The van der Waals surface area contributed by atoms with E-state index in [0.29, 0.717) is 35.8 Å². The molecule has 4 aromatic rings. The second-order valence-corrected chi connectivity index (χ2v) is 9.03. The highest BCUT2D eigenvalue weighted by Gasteiger charge is 2.17. The maximum atomic E-state index is 15.0. The molecule has 0 amide bonds. The second kappa shape index (κ2) is 13.2. The summed E-state index contributed by atoms with van der Waals surface area (Å²) in [6.45, 7) is 4.66. The summed E-state index contributed by atoms with van der Waals surface area (Å²) in [5.74, 6) is -3.09. The lowest BCUT2D eigenvalue weighted by molar-refractivity contribution is 0.279. The smallest absolute Gasteiger partial charge is 0.201 e. The predicted molar refractivity (Wildman–Crippen MR) is 144 cm³/mol. The summed E-state index contributed by atoms with van der Waals surface area (Å²) >= 11 is 0. The molecule has 0 radical (unpaired) electrons. The third-order valence-electron chi connectivity index (χ3n) is 6.16. The Hall–Kier alpha value is -4.00. The molecule has 7 heteroatoms. The van der Waals surface area contributed by atoms with E-state index >= 15 is 8.78 Å². The van der Waals surface area contributed by atoms with Crippen molar-refractivity contribution in [3.8, 4) is 39.5 Å². The number of rotatable bonds is 12. The molecule has 0 fully saturated rings. The summed E-state index contributed by atoms with van der Waals surface area (Å²) in [7, 11) is 0. The Kier molecular flexibility index (Phi) is 9.47. The van der Waals surface area contributed by atoms with Crippen LogP contribution in [0.1, 0.15) is 38.7 Å². The standard InChI is InChI=1S/C32H30F4O3/c1-3-5-19-38-28-17-10-23(29(33)32(28)36)20-39-25-13-8-22(9-14-25)27-16-15-26(30(34)31(27)35)21-6-11-24(12-7-21)37-18-4-2/h6-17H,3-5,18-20H2,1-2H3. The first-order chi connectivity index (χ1) is 18.9. The van der Waals surface area contributed by atoms with Crippen molar-refractivity contribution >= 4 is 0 Å². The maximum absolute atomic E-state index is 15.0. The van der Waals surface area contributed by atoms with Crippen molar-refractivity contribution in [2.24, 2.45) is 0 Å². The first-order valence-electron chi connectivity index (χ1n) is 13.0. The number of hydrogen-bond acceptors (Lipinski definition) is 3. The van der Waals surface area contributed by atoms with Gasteiger partial charge in [-0.25, -0.2) is 13.2 Å². The quantitative estimate of drug-likeness (QED) is 0.133. The van der Waals surface area contributed by atoms with Gasteiger partial charge >= 0.3 is 0 Å². The topological polar surface area (TPSA) is 27.7 Å². The van der Waals surface area contributed by atoms with Crippen molar-refractivity contribution in [1.29, 1.82) is 0 Å². The Morgan fingerprint density at radius 3 is 1.62 bits per heavy atom. The number of hydrogen-bond donors (Lipinski definition) is 0. The minimum absolute atomic E-state index is 0.0353. The van der Waals surface area contributed by atoms with E-state index < -0.39 is 23.3 Å². The summed E-state index contributed by atoms with van der Waals surface area (Å²) in [5.41, 5.74) is 1.26. The molecule has 0 spiro atoms. The number of unbranched alkanes of at least 4 members (excludes halogenated alkanes) is 1. The van der Waals surface area contributed by atoms with Crippen LogP contribution in [0.5, 0.6) is 17.2 Å². The molecule has 0 atom stereocenters. The van der Waals surface area contributed by atoms with Crippen LogP contribution in [0.15, 0.2) is 72.8 Å². The molecular weight excluding hydrogens is 508 g/mol. The summed E-state index contributed by atoms with van der Waals surface area (Å²) in [4.78, 5) is 0. The minimum atomic E-state index is -1.05. The molecule has 0 aromatic heterocycles. The van der Waals surface area contributed by atoms with Crippen LogP contribution in [0, 0.1) is 23.3 Å². The number of ether oxygens (including phenoxy) is 3. The van der Waals surface area contributed by atoms with Gasteiger partial charge in [0, 0.05) is 16.7 Å². The predicted octanol–water partition coefficient (Wildman–Crippen LogP) is 9.12. The van der Waals surface area contributed by atoms with E-state index in [2.05, 4.69) is 0 Å². The molecule has 0 saturated carbocycles. The van der Waals surface area contributed by atoms with Crippen LogP contribution < -0.4 is 14.2 Å². The molecule has 0 saturated heterocycles. The molecule has 204 valence electrons. The largest absolute Gasteiger partial charge is 0.494 e.